The van der Waals surface area contributed by atoms with Gasteiger partial charge in [-0.1, -0.05) is 19.9 Å². The molecule has 1 saturated heterocycles. The molecule has 2 atom stereocenters. The molecule has 1 aromatic rings. The molecule has 0 aliphatic carbocycles. The van der Waals surface area contributed by atoms with Gasteiger partial charge in [-0.2, -0.15) is 0 Å². The van der Waals surface area contributed by atoms with Crippen molar-refractivity contribution < 1.29 is 0 Å². The molecule has 1 fully saturated rings. The van der Waals surface area contributed by atoms with Gasteiger partial charge < -0.3 is 5.73 Å². The van der Waals surface area contributed by atoms with E-state index in [2.05, 4.69) is 29.8 Å². The van der Waals surface area contributed by atoms with Crippen molar-refractivity contribution in [2.75, 3.05) is 13.1 Å². The van der Waals surface area contributed by atoms with Gasteiger partial charge in [0.25, 0.3) is 0 Å². The fourth-order valence-electron chi connectivity index (χ4n) is 2.34. The maximum Gasteiger partial charge on any atom is 0.0547 e. The predicted molar refractivity (Wildman–Crippen MR) is 65.7 cm³/mol. The van der Waals surface area contributed by atoms with E-state index in [0.29, 0.717) is 6.54 Å². The molecule has 2 unspecified atom stereocenters. The highest BCUT2D eigenvalue weighted by atomic mass is 15.2. The molecule has 2 rings (SSSR count). The Labute approximate surface area is 97.7 Å². The van der Waals surface area contributed by atoms with Crippen LogP contribution in [0.4, 0.5) is 0 Å². The molecular formula is C13H21N3. The lowest BCUT2D eigenvalue weighted by Gasteiger charge is -2.15. The number of nitrogens with two attached hydrogens (primary N) is 1. The fourth-order valence-corrected chi connectivity index (χ4v) is 2.34. The lowest BCUT2D eigenvalue weighted by Crippen LogP contribution is -2.21. The molecule has 1 aliphatic rings. The standard InChI is InChI=1S/C13H21N3/c1-10-7-16(8-11(10)2)9-13-5-3-4-12(6-14)15-13/h3-5,10-11H,6-9,14H2,1-2H3. The molecule has 0 bridgehead atoms. The first-order chi connectivity index (χ1) is 7.69. The number of likely N-dealkylation sites (tertiary alicyclic amines) is 1. The molecule has 3 heteroatoms. The van der Waals surface area contributed by atoms with Gasteiger partial charge in [0, 0.05) is 26.2 Å². The Bertz CT molecular complexity index is 341. The molecule has 0 spiro atoms. The van der Waals surface area contributed by atoms with Gasteiger partial charge in [0.1, 0.15) is 0 Å². The quantitative estimate of drug-likeness (QED) is 0.840. The Kier molecular flexibility index (Phi) is 3.56. The minimum Gasteiger partial charge on any atom is -0.325 e. The van der Waals surface area contributed by atoms with E-state index in [1.54, 1.807) is 0 Å². The van der Waals surface area contributed by atoms with Gasteiger partial charge >= 0.3 is 0 Å². The van der Waals surface area contributed by atoms with Gasteiger partial charge in [-0.05, 0) is 24.0 Å². The zero-order chi connectivity index (χ0) is 11.5. The van der Waals surface area contributed by atoms with Crippen LogP contribution in [0.15, 0.2) is 18.2 Å². The first-order valence-corrected chi connectivity index (χ1v) is 6.06. The summed E-state index contributed by atoms with van der Waals surface area (Å²) in [7, 11) is 0. The van der Waals surface area contributed by atoms with Crippen LogP contribution in [0.1, 0.15) is 25.2 Å². The zero-order valence-electron chi connectivity index (χ0n) is 10.2. The molecule has 2 heterocycles. The molecule has 0 radical (unpaired) electrons. The molecule has 2 N–H and O–H groups in total. The van der Waals surface area contributed by atoms with E-state index >= 15 is 0 Å². The Morgan fingerprint density at radius 2 is 1.88 bits per heavy atom. The molecule has 0 saturated carbocycles. The number of hydrogen-bond donors (Lipinski definition) is 1. The monoisotopic (exact) mass is 219 g/mol. The summed E-state index contributed by atoms with van der Waals surface area (Å²) in [5.41, 5.74) is 7.72. The Morgan fingerprint density at radius 1 is 1.25 bits per heavy atom. The fraction of sp³-hybridized carbons (Fsp3) is 0.615. The highest BCUT2D eigenvalue weighted by molar-refractivity contribution is 5.11. The molecule has 0 aromatic carbocycles. The van der Waals surface area contributed by atoms with Crippen molar-refractivity contribution in [1.82, 2.24) is 9.88 Å². The van der Waals surface area contributed by atoms with Crippen molar-refractivity contribution in [3.8, 4) is 0 Å². The topological polar surface area (TPSA) is 42.1 Å². The van der Waals surface area contributed by atoms with Crippen LogP contribution in [-0.2, 0) is 13.1 Å². The molecule has 3 nitrogen and oxygen atoms in total. The van der Waals surface area contributed by atoms with E-state index in [1.165, 1.54) is 13.1 Å². The number of rotatable bonds is 3. The van der Waals surface area contributed by atoms with Crippen LogP contribution in [0, 0.1) is 11.8 Å². The van der Waals surface area contributed by atoms with E-state index in [-0.39, 0.29) is 0 Å². The van der Waals surface area contributed by atoms with Gasteiger partial charge in [-0.25, -0.2) is 0 Å². The zero-order valence-corrected chi connectivity index (χ0v) is 10.2. The third-order valence-corrected chi connectivity index (χ3v) is 3.52. The van der Waals surface area contributed by atoms with E-state index < -0.39 is 0 Å². The van der Waals surface area contributed by atoms with Crippen LogP contribution >= 0.6 is 0 Å². The van der Waals surface area contributed by atoms with Crippen molar-refractivity contribution in [3.63, 3.8) is 0 Å². The van der Waals surface area contributed by atoms with Crippen LogP contribution in [0.2, 0.25) is 0 Å². The predicted octanol–water partition coefficient (Wildman–Crippen LogP) is 1.63. The van der Waals surface area contributed by atoms with Crippen LogP contribution in [-0.4, -0.2) is 23.0 Å². The van der Waals surface area contributed by atoms with Gasteiger partial charge in [-0.3, -0.25) is 9.88 Å². The third-order valence-electron chi connectivity index (χ3n) is 3.52. The van der Waals surface area contributed by atoms with E-state index in [4.69, 9.17) is 5.73 Å². The second-order valence-corrected chi connectivity index (χ2v) is 4.97. The summed E-state index contributed by atoms with van der Waals surface area (Å²) in [6, 6.07) is 6.12. The summed E-state index contributed by atoms with van der Waals surface area (Å²) in [6.07, 6.45) is 0. The molecule has 16 heavy (non-hydrogen) atoms. The van der Waals surface area contributed by atoms with Crippen molar-refractivity contribution in [2.45, 2.75) is 26.9 Å². The van der Waals surface area contributed by atoms with E-state index in [1.807, 2.05) is 12.1 Å². The minimum atomic E-state index is 0.528. The Morgan fingerprint density at radius 3 is 2.50 bits per heavy atom. The summed E-state index contributed by atoms with van der Waals surface area (Å²) in [4.78, 5) is 7.02. The van der Waals surface area contributed by atoms with Crippen molar-refractivity contribution in [1.29, 1.82) is 0 Å². The Balaban J connectivity index is 1.99. The summed E-state index contributed by atoms with van der Waals surface area (Å²) in [5.74, 6) is 1.61. The summed E-state index contributed by atoms with van der Waals surface area (Å²) >= 11 is 0. The molecular weight excluding hydrogens is 198 g/mol. The van der Waals surface area contributed by atoms with E-state index in [0.717, 1.165) is 29.8 Å². The van der Waals surface area contributed by atoms with Crippen molar-refractivity contribution in [2.24, 2.45) is 17.6 Å². The number of pyridine rings is 1. The smallest absolute Gasteiger partial charge is 0.0547 e. The number of nitrogens with zero attached hydrogens (tertiary/aromatic N) is 2. The van der Waals surface area contributed by atoms with Gasteiger partial charge in [0.15, 0.2) is 0 Å². The van der Waals surface area contributed by atoms with Crippen LogP contribution in [0.25, 0.3) is 0 Å². The van der Waals surface area contributed by atoms with Crippen LogP contribution in [0.5, 0.6) is 0 Å². The van der Waals surface area contributed by atoms with Gasteiger partial charge in [-0.15, -0.1) is 0 Å². The summed E-state index contributed by atoms with van der Waals surface area (Å²) in [5, 5.41) is 0. The normalized spacial score (nSPS) is 26.2. The molecule has 88 valence electrons. The molecule has 0 amide bonds. The Hall–Kier alpha value is -0.930. The second-order valence-electron chi connectivity index (χ2n) is 4.97. The average Bonchev–Trinajstić information content (AvgIpc) is 2.58. The second kappa shape index (κ2) is 4.93. The van der Waals surface area contributed by atoms with Crippen LogP contribution in [0.3, 0.4) is 0 Å². The summed E-state index contributed by atoms with van der Waals surface area (Å²) in [6.45, 7) is 8.53. The third kappa shape index (κ3) is 2.60. The lowest BCUT2D eigenvalue weighted by molar-refractivity contribution is 0.312. The van der Waals surface area contributed by atoms with Crippen LogP contribution < -0.4 is 5.73 Å². The van der Waals surface area contributed by atoms with E-state index in [9.17, 15) is 0 Å². The first-order valence-electron chi connectivity index (χ1n) is 6.06. The highest BCUT2D eigenvalue weighted by Crippen LogP contribution is 2.23. The summed E-state index contributed by atoms with van der Waals surface area (Å²) < 4.78 is 0. The van der Waals surface area contributed by atoms with Crippen molar-refractivity contribution in [3.05, 3.63) is 29.6 Å². The number of aromatic nitrogens is 1. The average molecular weight is 219 g/mol. The van der Waals surface area contributed by atoms with Gasteiger partial charge in [0.05, 0.1) is 11.4 Å². The first kappa shape index (κ1) is 11.6. The highest BCUT2D eigenvalue weighted by Gasteiger charge is 2.25. The largest absolute Gasteiger partial charge is 0.325 e. The minimum absolute atomic E-state index is 0.528. The molecule has 1 aliphatic heterocycles. The SMILES string of the molecule is CC1CN(Cc2cccc(CN)n2)CC1C. The number of hydrogen-bond acceptors (Lipinski definition) is 3. The van der Waals surface area contributed by atoms with Gasteiger partial charge in [0.2, 0.25) is 0 Å². The lowest BCUT2D eigenvalue weighted by atomic mass is 10.0. The maximum atomic E-state index is 5.59. The molecule has 1 aromatic heterocycles. The van der Waals surface area contributed by atoms with Crippen molar-refractivity contribution >= 4 is 0 Å². The maximum absolute atomic E-state index is 5.59.